The number of amides is 3. The number of hydrogen-bond acceptors (Lipinski definition) is 5. The van der Waals surface area contributed by atoms with E-state index in [1.165, 1.54) is 13.2 Å². The number of hydrogen-bond donors (Lipinski definition) is 1. The highest BCUT2D eigenvalue weighted by molar-refractivity contribution is 6.09. The molecule has 1 aliphatic heterocycles. The molecule has 2 unspecified atom stereocenters. The van der Waals surface area contributed by atoms with Crippen molar-refractivity contribution in [3.8, 4) is 0 Å². The molecule has 130 valence electrons. The predicted molar refractivity (Wildman–Crippen MR) is 88.5 cm³/mol. The smallest absolute Gasteiger partial charge is 0.337 e. The van der Waals surface area contributed by atoms with Gasteiger partial charge >= 0.3 is 5.97 Å². The summed E-state index contributed by atoms with van der Waals surface area (Å²) in [6, 6.07) is 6.25. The summed E-state index contributed by atoms with van der Waals surface area (Å²) in [5.74, 6) is -2.30. The third kappa shape index (κ3) is 3.31. The van der Waals surface area contributed by atoms with E-state index < -0.39 is 11.9 Å². The summed E-state index contributed by atoms with van der Waals surface area (Å²) < 4.78 is 4.63. The monoisotopic (exact) mass is 342 g/mol. The summed E-state index contributed by atoms with van der Waals surface area (Å²) in [6.45, 7) is -0.326. The number of esters is 1. The number of nitrogens with zero attached hydrogens (tertiary/aromatic N) is 1. The van der Waals surface area contributed by atoms with E-state index in [2.05, 4.69) is 10.1 Å². The minimum atomic E-state index is -0.516. The largest absolute Gasteiger partial charge is 0.465 e. The molecule has 1 aromatic carbocycles. The molecule has 7 heteroatoms. The van der Waals surface area contributed by atoms with E-state index in [0.717, 1.165) is 4.90 Å². The molecule has 1 aliphatic carbocycles. The van der Waals surface area contributed by atoms with Gasteiger partial charge in [0.15, 0.2) is 0 Å². The number of carbonyl (C=O) groups excluding carboxylic acids is 4. The lowest BCUT2D eigenvalue weighted by Crippen LogP contribution is -2.38. The fourth-order valence-electron chi connectivity index (χ4n) is 3.21. The molecule has 7 nitrogen and oxygen atoms in total. The normalized spacial score (nSPS) is 21.9. The fraction of sp³-hybridized carbons (Fsp3) is 0.333. The Labute approximate surface area is 144 Å². The van der Waals surface area contributed by atoms with Crippen LogP contribution in [0.15, 0.2) is 36.4 Å². The number of likely N-dealkylation sites (tertiary alicyclic amines) is 1. The van der Waals surface area contributed by atoms with Gasteiger partial charge in [-0.25, -0.2) is 4.79 Å². The molecule has 1 aromatic rings. The number of ether oxygens (including phenoxy) is 1. The first kappa shape index (κ1) is 16.9. The molecule has 0 radical (unpaired) electrons. The average molecular weight is 342 g/mol. The van der Waals surface area contributed by atoms with Crippen molar-refractivity contribution < 1.29 is 23.9 Å². The molecule has 1 heterocycles. The van der Waals surface area contributed by atoms with Crippen LogP contribution in [0.2, 0.25) is 0 Å². The van der Waals surface area contributed by atoms with Gasteiger partial charge < -0.3 is 10.1 Å². The molecule has 0 aromatic heterocycles. The molecule has 1 fully saturated rings. The number of nitrogens with one attached hydrogen (secondary N) is 1. The number of carbonyl (C=O) groups is 4. The number of fused-ring (bicyclic) bond motifs is 1. The van der Waals surface area contributed by atoms with Crippen LogP contribution in [0.4, 0.5) is 5.69 Å². The van der Waals surface area contributed by atoms with E-state index in [0.29, 0.717) is 24.1 Å². The van der Waals surface area contributed by atoms with Gasteiger partial charge in [0, 0.05) is 5.69 Å². The van der Waals surface area contributed by atoms with Crippen molar-refractivity contribution in [2.45, 2.75) is 12.8 Å². The first-order valence-electron chi connectivity index (χ1n) is 7.99. The summed E-state index contributed by atoms with van der Waals surface area (Å²) in [5, 5.41) is 2.60. The SMILES string of the molecule is COC(=O)c1cccc(NC(=O)CN2C(=O)C3CC=CCC3C2=O)c1. The second-order valence-electron chi connectivity index (χ2n) is 6.04. The predicted octanol–water partition coefficient (Wildman–Crippen LogP) is 1.36. The number of methoxy groups -OCH3 is 1. The van der Waals surface area contributed by atoms with E-state index in [4.69, 9.17) is 0 Å². The van der Waals surface area contributed by atoms with Gasteiger partial charge in [-0.1, -0.05) is 18.2 Å². The zero-order valence-electron chi connectivity index (χ0n) is 13.7. The lowest BCUT2D eigenvalue weighted by molar-refractivity contribution is -0.142. The number of benzene rings is 1. The van der Waals surface area contributed by atoms with Gasteiger partial charge in [0.1, 0.15) is 6.54 Å². The van der Waals surface area contributed by atoms with Crippen molar-refractivity contribution in [3.05, 3.63) is 42.0 Å². The molecule has 3 amide bonds. The highest BCUT2D eigenvalue weighted by atomic mass is 16.5. The van der Waals surface area contributed by atoms with Gasteiger partial charge in [0.05, 0.1) is 24.5 Å². The Hall–Kier alpha value is -2.96. The van der Waals surface area contributed by atoms with E-state index in [1.54, 1.807) is 18.2 Å². The van der Waals surface area contributed by atoms with Crippen LogP contribution in [-0.4, -0.2) is 42.2 Å². The Morgan fingerprint density at radius 3 is 2.40 bits per heavy atom. The van der Waals surface area contributed by atoms with Crippen molar-refractivity contribution in [1.29, 1.82) is 0 Å². The third-order valence-corrected chi connectivity index (χ3v) is 4.47. The molecule has 0 saturated carbocycles. The van der Waals surface area contributed by atoms with Crippen LogP contribution >= 0.6 is 0 Å². The van der Waals surface area contributed by atoms with Crippen LogP contribution in [0.25, 0.3) is 0 Å². The Balaban J connectivity index is 1.66. The zero-order chi connectivity index (χ0) is 18.0. The van der Waals surface area contributed by atoms with Crippen LogP contribution in [-0.2, 0) is 19.1 Å². The van der Waals surface area contributed by atoms with Crippen LogP contribution < -0.4 is 5.32 Å². The quantitative estimate of drug-likeness (QED) is 0.507. The number of rotatable bonds is 4. The highest BCUT2D eigenvalue weighted by Gasteiger charge is 2.47. The Morgan fingerprint density at radius 2 is 1.80 bits per heavy atom. The molecule has 3 rings (SSSR count). The summed E-state index contributed by atoms with van der Waals surface area (Å²) in [4.78, 5) is 49.5. The molecule has 1 N–H and O–H groups in total. The maximum absolute atomic E-state index is 12.4. The minimum absolute atomic E-state index is 0.294. The molecule has 2 atom stereocenters. The summed E-state index contributed by atoms with van der Waals surface area (Å²) in [7, 11) is 1.27. The zero-order valence-corrected chi connectivity index (χ0v) is 13.7. The van der Waals surface area contributed by atoms with Crippen molar-refractivity contribution in [2.24, 2.45) is 11.8 Å². The Bertz CT molecular complexity index is 744. The first-order chi connectivity index (χ1) is 12.0. The van der Waals surface area contributed by atoms with Gasteiger partial charge in [0.2, 0.25) is 17.7 Å². The van der Waals surface area contributed by atoms with Gasteiger partial charge in [-0.2, -0.15) is 0 Å². The molecule has 1 saturated heterocycles. The van der Waals surface area contributed by atoms with E-state index in [1.807, 2.05) is 12.2 Å². The van der Waals surface area contributed by atoms with Gasteiger partial charge in [-0.3, -0.25) is 19.3 Å². The second-order valence-corrected chi connectivity index (χ2v) is 6.04. The summed E-state index contributed by atoms with van der Waals surface area (Å²) in [5.41, 5.74) is 0.691. The molecule has 0 bridgehead atoms. The third-order valence-electron chi connectivity index (χ3n) is 4.47. The highest BCUT2D eigenvalue weighted by Crippen LogP contribution is 2.34. The van der Waals surface area contributed by atoms with E-state index in [9.17, 15) is 19.2 Å². The van der Waals surface area contributed by atoms with Gasteiger partial charge in [-0.15, -0.1) is 0 Å². The molecule has 0 spiro atoms. The molecular formula is C18H18N2O5. The summed E-state index contributed by atoms with van der Waals surface area (Å²) >= 11 is 0. The van der Waals surface area contributed by atoms with Crippen LogP contribution in [0, 0.1) is 11.8 Å². The minimum Gasteiger partial charge on any atom is -0.465 e. The van der Waals surface area contributed by atoms with Crippen LogP contribution in [0.5, 0.6) is 0 Å². The lowest BCUT2D eigenvalue weighted by Gasteiger charge is -2.14. The molecule has 25 heavy (non-hydrogen) atoms. The van der Waals surface area contributed by atoms with Crippen molar-refractivity contribution in [3.63, 3.8) is 0 Å². The van der Waals surface area contributed by atoms with Crippen LogP contribution in [0.3, 0.4) is 0 Å². The van der Waals surface area contributed by atoms with E-state index in [-0.39, 0.29) is 30.2 Å². The average Bonchev–Trinajstić information content (AvgIpc) is 2.86. The van der Waals surface area contributed by atoms with Gasteiger partial charge in [-0.05, 0) is 31.0 Å². The first-order valence-corrected chi connectivity index (χ1v) is 7.99. The van der Waals surface area contributed by atoms with Crippen molar-refractivity contribution in [1.82, 2.24) is 4.90 Å². The lowest BCUT2D eigenvalue weighted by atomic mass is 9.85. The molecular weight excluding hydrogens is 324 g/mol. The molecule has 2 aliphatic rings. The van der Waals surface area contributed by atoms with Gasteiger partial charge in [0.25, 0.3) is 0 Å². The Morgan fingerprint density at radius 1 is 1.16 bits per heavy atom. The van der Waals surface area contributed by atoms with Crippen molar-refractivity contribution in [2.75, 3.05) is 19.0 Å². The summed E-state index contributed by atoms with van der Waals surface area (Å²) in [6.07, 6.45) is 4.87. The standard InChI is InChI=1S/C18H18N2O5/c1-25-18(24)11-5-4-6-12(9-11)19-15(21)10-20-16(22)13-7-2-3-8-14(13)17(20)23/h2-6,9,13-14H,7-8,10H2,1H3,(H,19,21). The second kappa shape index (κ2) is 6.88. The van der Waals surface area contributed by atoms with Crippen molar-refractivity contribution >= 4 is 29.4 Å². The Kier molecular flexibility index (Phi) is 4.65. The number of allylic oxidation sites excluding steroid dienone is 2. The fourth-order valence-corrected chi connectivity index (χ4v) is 3.21. The topological polar surface area (TPSA) is 92.8 Å². The maximum atomic E-state index is 12.4. The van der Waals surface area contributed by atoms with E-state index >= 15 is 0 Å². The number of anilines is 1. The maximum Gasteiger partial charge on any atom is 0.337 e. The van der Waals surface area contributed by atoms with Crippen LogP contribution in [0.1, 0.15) is 23.2 Å². The number of imide groups is 1.